The Hall–Kier alpha value is -1.07. The summed E-state index contributed by atoms with van der Waals surface area (Å²) in [5.41, 5.74) is 1.08. The van der Waals surface area contributed by atoms with E-state index in [2.05, 4.69) is 4.90 Å². The second kappa shape index (κ2) is 7.27. The van der Waals surface area contributed by atoms with Gasteiger partial charge in [-0.15, -0.1) is 0 Å². The first-order valence-electron chi connectivity index (χ1n) is 7.75. The Balaban J connectivity index is 2.08. The topological polar surface area (TPSA) is 57.6 Å². The van der Waals surface area contributed by atoms with Gasteiger partial charge >= 0.3 is 0 Å². The maximum absolute atomic E-state index is 12.0. The lowest BCUT2D eigenvalue weighted by Crippen LogP contribution is -2.35. The molecule has 0 bridgehead atoms. The standard InChI is InChI=1S/C16H25NO3S/c1-2-12-21(19,20)16-7-5-15(6-8-16)17-10-3-4-14(13-17)9-11-18/h5-8,14,18H,2-4,9-13H2,1H3. The quantitative estimate of drug-likeness (QED) is 0.877. The molecule has 0 amide bonds. The van der Waals surface area contributed by atoms with E-state index < -0.39 is 9.84 Å². The Morgan fingerprint density at radius 2 is 2.00 bits per heavy atom. The third-order valence-corrected chi connectivity index (χ3v) is 6.03. The molecule has 1 atom stereocenters. The third-order valence-electron chi connectivity index (χ3n) is 4.09. The third kappa shape index (κ3) is 4.20. The molecule has 1 aromatic rings. The number of rotatable bonds is 6. The van der Waals surface area contributed by atoms with Gasteiger partial charge in [0.2, 0.25) is 0 Å². The summed E-state index contributed by atoms with van der Waals surface area (Å²) in [6, 6.07) is 7.25. The van der Waals surface area contributed by atoms with Crippen LogP contribution in [-0.4, -0.2) is 39.0 Å². The van der Waals surface area contributed by atoms with Crippen LogP contribution in [0.15, 0.2) is 29.2 Å². The van der Waals surface area contributed by atoms with Crippen LogP contribution in [0.25, 0.3) is 0 Å². The van der Waals surface area contributed by atoms with Crippen LogP contribution in [-0.2, 0) is 9.84 Å². The monoisotopic (exact) mass is 311 g/mol. The van der Waals surface area contributed by atoms with E-state index in [0.717, 1.165) is 31.6 Å². The van der Waals surface area contributed by atoms with Crippen LogP contribution < -0.4 is 4.90 Å². The predicted octanol–water partition coefficient (Wildman–Crippen LogP) is 2.47. The zero-order valence-corrected chi connectivity index (χ0v) is 13.5. The molecule has 4 nitrogen and oxygen atoms in total. The molecule has 1 heterocycles. The van der Waals surface area contributed by atoms with Crippen LogP contribution in [0.2, 0.25) is 0 Å². The van der Waals surface area contributed by atoms with Gasteiger partial charge in [0.15, 0.2) is 9.84 Å². The first-order chi connectivity index (χ1) is 10.1. The summed E-state index contributed by atoms with van der Waals surface area (Å²) in [5.74, 6) is 0.738. The average Bonchev–Trinajstić information content (AvgIpc) is 2.48. The van der Waals surface area contributed by atoms with Crippen molar-refractivity contribution in [3.63, 3.8) is 0 Å². The van der Waals surface area contributed by atoms with Crippen molar-refractivity contribution in [3.05, 3.63) is 24.3 Å². The molecule has 0 radical (unpaired) electrons. The summed E-state index contributed by atoms with van der Waals surface area (Å²) in [5, 5.41) is 9.07. The first kappa shape index (κ1) is 16.3. The molecule has 0 saturated carbocycles. The van der Waals surface area contributed by atoms with Crippen molar-refractivity contribution in [2.75, 3.05) is 30.3 Å². The lowest BCUT2D eigenvalue weighted by molar-refractivity contribution is 0.244. The maximum atomic E-state index is 12.0. The van der Waals surface area contributed by atoms with E-state index in [9.17, 15) is 8.42 Å². The van der Waals surface area contributed by atoms with Crippen LogP contribution in [0.1, 0.15) is 32.6 Å². The van der Waals surface area contributed by atoms with Crippen molar-refractivity contribution in [1.29, 1.82) is 0 Å². The van der Waals surface area contributed by atoms with Crippen molar-refractivity contribution < 1.29 is 13.5 Å². The molecule has 118 valence electrons. The molecule has 2 rings (SSSR count). The summed E-state index contributed by atoms with van der Waals surface area (Å²) in [6.45, 7) is 4.07. The fraction of sp³-hybridized carbons (Fsp3) is 0.625. The maximum Gasteiger partial charge on any atom is 0.178 e. The molecular formula is C16H25NO3S. The molecule has 1 aromatic carbocycles. The minimum Gasteiger partial charge on any atom is -0.396 e. The van der Waals surface area contributed by atoms with Crippen LogP contribution in [0.3, 0.4) is 0 Å². The molecule has 1 aliphatic heterocycles. The van der Waals surface area contributed by atoms with Crippen molar-refractivity contribution in [3.8, 4) is 0 Å². The number of aliphatic hydroxyl groups excluding tert-OH is 1. The van der Waals surface area contributed by atoms with Crippen molar-refractivity contribution >= 4 is 15.5 Å². The minimum atomic E-state index is -3.13. The lowest BCUT2D eigenvalue weighted by atomic mass is 9.95. The Morgan fingerprint density at radius 3 is 2.62 bits per heavy atom. The molecule has 1 fully saturated rings. The van der Waals surface area contributed by atoms with Gasteiger partial charge in [-0.1, -0.05) is 6.92 Å². The van der Waals surface area contributed by atoms with Gasteiger partial charge in [-0.25, -0.2) is 8.42 Å². The normalized spacial score (nSPS) is 19.7. The predicted molar refractivity (Wildman–Crippen MR) is 85.4 cm³/mol. The zero-order chi connectivity index (χ0) is 15.3. The highest BCUT2D eigenvalue weighted by Gasteiger charge is 2.20. The van der Waals surface area contributed by atoms with Crippen LogP contribution in [0.5, 0.6) is 0 Å². The van der Waals surface area contributed by atoms with Crippen LogP contribution >= 0.6 is 0 Å². The van der Waals surface area contributed by atoms with E-state index in [1.807, 2.05) is 19.1 Å². The second-order valence-corrected chi connectivity index (χ2v) is 7.89. The summed E-state index contributed by atoms with van der Waals surface area (Å²) in [6.07, 6.45) is 3.78. The van der Waals surface area contributed by atoms with Gasteiger partial charge in [-0.2, -0.15) is 0 Å². The SMILES string of the molecule is CCCS(=O)(=O)c1ccc(N2CCCC(CCO)C2)cc1. The highest BCUT2D eigenvalue weighted by atomic mass is 32.2. The molecule has 21 heavy (non-hydrogen) atoms. The summed E-state index contributed by atoms with van der Waals surface area (Å²) in [7, 11) is -3.13. The lowest BCUT2D eigenvalue weighted by Gasteiger charge is -2.34. The van der Waals surface area contributed by atoms with Crippen molar-refractivity contribution in [2.45, 2.75) is 37.5 Å². The molecule has 1 saturated heterocycles. The fourth-order valence-corrected chi connectivity index (χ4v) is 4.29. The Bertz CT molecular complexity index is 537. The zero-order valence-electron chi connectivity index (χ0n) is 12.7. The van der Waals surface area contributed by atoms with E-state index in [1.54, 1.807) is 12.1 Å². The van der Waals surface area contributed by atoms with E-state index in [0.29, 0.717) is 17.2 Å². The van der Waals surface area contributed by atoms with E-state index in [4.69, 9.17) is 5.11 Å². The number of nitrogens with zero attached hydrogens (tertiary/aromatic N) is 1. The fourth-order valence-electron chi connectivity index (χ4n) is 2.97. The summed E-state index contributed by atoms with van der Waals surface area (Å²) in [4.78, 5) is 2.71. The van der Waals surface area contributed by atoms with E-state index in [1.165, 1.54) is 6.42 Å². The summed E-state index contributed by atoms with van der Waals surface area (Å²) >= 11 is 0. The number of hydrogen-bond donors (Lipinski definition) is 1. The van der Waals surface area contributed by atoms with Gasteiger partial charge in [0, 0.05) is 25.4 Å². The molecule has 0 aromatic heterocycles. The Morgan fingerprint density at radius 1 is 1.29 bits per heavy atom. The smallest absolute Gasteiger partial charge is 0.178 e. The number of benzene rings is 1. The molecule has 0 spiro atoms. The van der Waals surface area contributed by atoms with E-state index in [-0.39, 0.29) is 12.4 Å². The van der Waals surface area contributed by atoms with Gasteiger partial charge in [-0.3, -0.25) is 0 Å². The number of piperidine rings is 1. The van der Waals surface area contributed by atoms with Gasteiger partial charge in [0.25, 0.3) is 0 Å². The number of anilines is 1. The highest BCUT2D eigenvalue weighted by Crippen LogP contribution is 2.26. The van der Waals surface area contributed by atoms with Crippen molar-refractivity contribution in [1.82, 2.24) is 0 Å². The molecular weight excluding hydrogens is 286 g/mol. The Labute approximate surface area is 127 Å². The minimum absolute atomic E-state index is 0.203. The van der Waals surface area contributed by atoms with Gasteiger partial charge < -0.3 is 10.0 Å². The number of aliphatic hydroxyl groups is 1. The Kier molecular flexibility index (Phi) is 5.65. The molecule has 0 aliphatic carbocycles. The summed E-state index contributed by atoms with van der Waals surface area (Å²) < 4.78 is 24.0. The molecule has 5 heteroatoms. The largest absolute Gasteiger partial charge is 0.396 e. The van der Waals surface area contributed by atoms with Crippen LogP contribution in [0, 0.1) is 5.92 Å². The van der Waals surface area contributed by atoms with Gasteiger partial charge in [0.05, 0.1) is 10.6 Å². The number of sulfone groups is 1. The molecule has 1 unspecified atom stereocenters. The molecule has 1 N–H and O–H groups in total. The van der Waals surface area contributed by atoms with Crippen molar-refractivity contribution in [2.24, 2.45) is 5.92 Å². The van der Waals surface area contributed by atoms with Gasteiger partial charge in [0.1, 0.15) is 0 Å². The van der Waals surface area contributed by atoms with Crippen LogP contribution in [0.4, 0.5) is 5.69 Å². The second-order valence-electron chi connectivity index (χ2n) is 5.78. The highest BCUT2D eigenvalue weighted by molar-refractivity contribution is 7.91. The van der Waals surface area contributed by atoms with Gasteiger partial charge in [-0.05, 0) is 55.9 Å². The molecule has 1 aliphatic rings. The number of hydrogen-bond acceptors (Lipinski definition) is 4. The average molecular weight is 311 g/mol. The van der Waals surface area contributed by atoms with E-state index >= 15 is 0 Å². The first-order valence-corrected chi connectivity index (χ1v) is 9.40.